The maximum atomic E-state index is 11.9. The van der Waals surface area contributed by atoms with E-state index < -0.39 is 5.97 Å². The van der Waals surface area contributed by atoms with Crippen LogP contribution in [0, 0.1) is 0 Å². The Morgan fingerprint density at radius 2 is 2.05 bits per heavy atom. The second-order valence-corrected chi connectivity index (χ2v) is 5.15. The molecule has 0 heterocycles. The molecule has 0 aliphatic heterocycles. The highest BCUT2D eigenvalue weighted by atomic mass is 16.5. The van der Waals surface area contributed by atoms with E-state index in [0.717, 1.165) is 19.4 Å². The molecule has 1 aromatic rings. The van der Waals surface area contributed by atoms with Crippen molar-refractivity contribution in [2.75, 3.05) is 32.6 Å². The van der Waals surface area contributed by atoms with Crippen LogP contribution in [0.4, 0.5) is 5.69 Å². The van der Waals surface area contributed by atoms with Gasteiger partial charge in [-0.3, -0.25) is 4.79 Å². The molecule has 0 aliphatic carbocycles. The average Bonchev–Trinajstić information content (AvgIpc) is 2.52. The number of para-hydroxylation sites is 1. The molecule has 0 aliphatic rings. The van der Waals surface area contributed by atoms with Crippen molar-refractivity contribution in [1.82, 2.24) is 4.90 Å². The number of nitrogens with zero attached hydrogens (tertiary/aromatic N) is 1. The standard InChI is InChI=1S/C16H24N2O4/c1-4-5-10-18(2)11-9-14(19)17-13-8-6-7-12(15(13)20)16(21)22-3/h6-8,20H,4-5,9-11H2,1-3H3,(H,17,19). The van der Waals surface area contributed by atoms with Crippen molar-refractivity contribution in [2.24, 2.45) is 0 Å². The van der Waals surface area contributed by atoms with Crippen molar-refractivity contribution in [2.45, 2.75) is 26.2 Å². The third-order valence-electron chi connectivity index (χ3n) is 3.33. The molecule has 1 amide bonds. The Morgan fingerprint density at radius 3 is 2.68 bits per heavy atom. The van der Waals surface area contributed by atoms with Crippen LogP contribution in [-0.4, -0.2) is 49.1 Å². The highest BCUT2D eigenvalue weighted by molar-refractivity contribution is 5.98. The first kappa shape index (κ1) is 18.0. The van der Waals surface area contributed by atoms with Gasteiger partial charge in [0.25, 0.3) is 0 Å². The van der Waals surface area contributed by atoms with E-state index in [0.29, 0.717) is 13.0 Å². The van der Waals surface area contributed by atoms with Crippen LogP contribution in [0.3, 0.4) is 0 Å². The Kier molecular flexibility index (Phi) is 7.39. The number of phenolic OH excluding ortho intramolecular Hbond substituents is 1. The number of methoxy groups -OCH3 is 1. The summed E-state index contributed by atoms with van der Waals surface area (Å²) in [7, 11) is 3.21. The molecular weight excluding hydrogens is 284 g/mol. The number of unbranched alkanes of at least 4 members (excludes halogenated alkanes) is 1. The second kappa shape index (κ2) is 9.04. The normalized spacial score (nSPS) is 10.5. The van der Waals surface area contributed by atoms with Gasteiger partial charge in [0.15, 0.2) is 5.75 Å². The number of nitrogens with one attached hydrogen (secondary N) is 1. The van der Waals surface area contributed by atoms with E-state index in [-0.39, 0.29) is 22.9 Å². The van der Waals surface area contributed by atoms with Gasteiger partial charge in [-0.2, -0.15) is 0 Å². The maximum absolute atomic E-state index is 11.9. The minimum atomic E-state index is -0.645. The number of esters is 1. The van der Waals surface area contributed by atoms with Gasteiger partial charge in [0.2, 0.25) is 5.91 Å². The molecule has 1 rings (SSSR count). The summed E-state index contributed by atoms with van der Waals surface area (Å²) in [6.45, 7) is 3.72. The SMILES string of the molecule is CCCCN(C)CCC(=O)Nc1cccc(C(=O)OC)c1O. The van der Waals surface area contributed by atoms with Crippen molar-refractivity contribution in [3.8, 4) is 5.75 Å². The van der Waals surface area contributed by atoms with Crippen LogP contribution in [-0.2, 0) is 9.53 Å². The fourth-order valence-corrected chi connectivity index (χ4v) is 1.96. The lowest BCUT2D eigenvalue weighted by atomic mass is 10.1. The van der Waals surface area contributed by atoms with Crippen molar-refractivity contribution >= 4 is 17.6 Å². The van der Waals surface area contributed by atoms with E-state index in [1.807, 2.05) is 7.05 Å². The largest absolute Gasteiger partial charge is 0.505 e. The summed E-state index contributed by atoms with van der Waals surface area (Å²) < 4.78 is 4.58. The van der Waals surface area contributed by atoms with Gasteiger partial charge in [-0.05, 0) is 32.1 Å². The van der Waals surface area contributed by atoms with E-state index >= 15 is 0 Å². The zero-order valence-corrected chi connectivity index (χ0v) is 13.4. The van der Waals surface area contributed by atoms with E-state index in [4.69, 9.17) is 0 Å². The molecule has 6 nitrogen and oxygen atoms in total. The summed E-state index contributed by atoms with van der Waals surface area (Å²) in [5, 5.41) is 12.6. The Bertz CT molecular complexity index is 517. The summed E-state index contributed by atoms with van der Waals surface area (Å²) in [6, 6.07) is 4.56. The zero-order valence-electron chi connectivity index (χ0n) is 13.4. The van der Waals surface area contributed by atoms with Gasteiger partial charge in [0, 0.05) is 13.0 Å². The van der Waals surface area contributed by atoms with E-state index in [1.165, 1.54) is 13.2 Å². The van der Waals surface area contributed by atoms with Crippen molar-refractivity contribution in [3.05, 3.63) is 23.8 Å². The van der Waals surface area contributed by atoms with Crippen molar-refractivity contribution in [1.29, 1.82) is 0 Å². The number of carbonyl (C=O) groups excluding carboxylic acids is 2. The third-order valence-corrected chi connectivity index (χ3v) is 3.33. The molecule has 0 radical (unpaired) electrons. The molecule has 2 N–H and O–H groups in total. The third kappa shape index (κ3) is 5.37. The number of benzene rings is 1. The van der Waals surface area contributed by atoms with Crippen LogP contribution < -0.4 is 5.32 Å². The van der Waals surface area contributed by atoms with E-state index in [9.17, 15) is 14.7 Å². The monoisotopic (exact) mass is 308 g/mol. The molecular formula is C16H24N2O4. The van der Waals surface area contributed by atoms with Gasteiger partial charge in [-0.25, -0.2) is 4.79 Å². The molecule has 22 heavy (non-hydrogen) atoms. The lowest BCUT2D eigenvalue weighted by Crippen LogP contribution is -2.25. The summed E-state index contributed by atoms with van der Waals surface area (Å²) in [5.41, 5.74) is 0.240. The van der Waals surface area contributed by atoms with Crippen LogP contribution in [0.5, 0.6) is 5.75 Å². The van der Waals surface area contributed by atoms with Crippen LogP contribution in [0.15, 0.2) is 18.2 Å². The summed E-state index contributed by atoms with van der Waals surface area (Å²) in [6.07, 6.45) is 2.53. The number of phenols is 1. The number of carbonyl (C=O) groups is 2. The Morgan fingerprint density at radius 1 is 1.32 bits per heavy atom. The van der Waals surface area contributed by atoms with Crippen LogP contribution in [0.2, 0.25) is 0 Å². The van der Waals surface area contributed by atoms with Gasteiger partial charge < -0.3 is 20.1 Å². The first-order valence-corrected chi connectivity index (χ1v) is 7.38. The van der Waals surface area contributed by atoms with Crippen LogP contribution in [0.25, 0.3) is 0 Å². The molecule has 122 valence electrons. The number of anilines is 1. The molecule has 1 aromatic carbocycles. The number of rotatable bonds is 8. The first-order valence-electron chi connectivity index (χ1n) is 7.38. The number of hydrogen-bond donors (Lipinski definition) is 2. The topological polar surface area (TPSA) is 78.9 Å². The Balaban J connectivity index is 2.60. The quantitative estimate of drug-likeness (QED) is 0.569. The van der Waals surface area contributed by atoms with Crippen LogP contribution >= 0.6 is 0 Å². The minimum absolute atomic E-state index is 0.0281. The smallest absolute Gasteiger partial charge is 0.341 e. The van der Waals surface area contributed by atoms with Gasteiger partial charge >= 0.3 is 5.97 Å². The molecule has 0 atom stereocenters. The predicted octanol–water partition coefficient (Wildman–Crippen LogP) is 2.24. The van der Waals surface area contributed by atoms with Gasteiger partial charge in [0.1, 0.15) is 5.56 Å². The summed E-state index contributed by atoms with van der Waals surface area (Å²) in [4.78, 5) is 25.5. The average molecular weight is 308 g/mol. The second-order valence-electron chi connectivity index (χ2n) is 5.15. The summed E-state index contributed by atoms with van der Waals surface area (Å²) in [5.74, 6) is -1.13. The Labute approximate surface area is 131 Å². The zero-order chi connectivity index (χ0) is 16.5. The van der Waals surface area contributed by atoms with E-state index in [2.05, 4.69) is 21.9 Å². The van der Waals surface area contributed by atoms with E-state index in [1.54, 1.807) is 12.1 Å². The molecule has 0 spiro atoms. The summed E-state index contributed by atoms with van der Waals surface area (Å²) >= 11 is 0. The van der Waals surface area contributed by atoms with Gasteiger partial charge in [0.05, 0.1) is 12.8 Å². The predicted molar refractivity (Wildman–Crippen MR) is 85.1 cm³/mol. The lowest BCUT2D eigenvalue weighted by molar-refractivity contribution is -0.116. The number of amides is 1. The molecule has 6 heteroatoms. The molecule has 0 saturated heterocycles. The number of hydrogen-bond acceptors (Lipinski definition) is 5. The first-order chi connectivity index (χ1) is 10.5. The highest BCUT2D eigenvalue weighted by Gasteiger charge is 2.16. The Hall–Kier alpha value is -2.08. The number of ether oxygens (including phenoxy) is 1. The molecule has 0 aromatic heterocycles. The molecule has 0 unspecified atom stereocenters. The highest BCUT2D eigenvalue weighted by Crippen LogP contribution is 2.28. The van der Waals surface area contributed by atoms with Crippen molar-refractivity contribution in [3.63, 3.8) is 0 Å². The van der Waals surface area contributed by atoms with Gasteiger partial charge in [-0.1, -0.05) is 19.4 Å². The molecule has 0 fully saturated rings. The number of aromatic hydroxyl groups is 1. The fraction of sp³-hybridized carbons (Fsp3) is 0.500. The van der Waals surface area contributed by atoms with Crippen LogP contribution in [0.1, 0.15) is 36.5 Å². The lowest BCUT2D eigenvalue weighted by Gasteiger charge is -2.16. The maximum Gasteiger partial charge on any atom is 0.341 e. The molecule has 0 bridgehead atoms. The molecule has 0 saturated carbocycles. The van der Waals surface area contributed by atoms with Gasteiger partial charge in [-0.15, -0.1) is 0 Å². The van der Waals surface area contributed by atoms with Crippen molar-refractivity contribution < 1.29 is 19.4 Å². The fourth-order valence-electron chi connectivity index (χ4n) is 1.96. The minimum Gasteiger partial charge on any atom is -0.505 e.